The van der Waals surface area contributed by atoms with E-state index in [2.05, 4.69) is 5.32 Å². The van der Waals surface area contributed by atoms with E-state index in [4.69, 9.17) is 9.47 Å². The van der Waals surface area contributed by atoms with Crippen molar-refractivity contribution in [1.82, 2.24) is 0 Å². The third-order valence-corrected chi connectivity index (χ3v) is 4.16. The van der Waals surface area contributed by atoms with Gasteiger partial charge in [0, 0.05) is 11.6 Å². The normalized spacial score (nSPS) is 11.4. The number of anilines is 1. The molecule has 0 saturated carbocycles. The van der Waals surface area contributed by atoms with Crippen LogP contribution in [0.4, 0.5) is 14.5 Å². The molecule has 3 aromatic rings. The van der Waals surface area contributed by atoms with Crippen LogP contribution >= 0.6 is 0 Å². The van der Waals surface area contributed by atoms with Gasteiger partial charge in [-0.3, -0.25) is 4.79 Å². The summed E-state index contributed by atoms with van der Waals surface area (Å²) in [5.41, 5.74) is 0.314. The number of carbonyl (C=O) groups is 2. The standard InChI is InChI=1S/C23H19F2NO4/c1-2-29-20-11-7-6-10-19(20)26-22(27)21(15-8-4-3-5-9-15)30-23(28)17-13-12-16(24)14-18(17)25/h3-14,21H,2H2,1H3,(H,26,27)/t21-/m1/s1. The Balaban J connectivity index is 1.88. The van der Waals surface area contributed by atoms with Gasteiger partial charge >= 0.3 is 5.97 Å². The smallest absolute Gasteiger partial charge is 0.342 e. The van der Waals surface area contributed by atoms with E-state index < -0.39 is 35.2 Å². The Bertz CT molecular complexity index is 1040. The predicted molar refractivity (Wildman–Crippen MR) is 107 cm³/mol. The van der Waals surface area contributed by atoms with Crippen LogP contribution in [-0.2, 0) is 9.53 Å². The number of hydrogen-bond acceptors (Lipinski definition) is 4. The molecule has 0 saturated heterocycles. The topological polar surface area (TPSA) is 64.6 Å². The maximum Gasteiger partial charge on any atom is 0.342 e. The molecule has 1 atom stereocenters. The molecule has 30 heavy (non-hydrogen) atoms. The lowest BCUT2D eigenvalue weighted by Gasteiger charge is -2.19. The fourth-order valence-electron chi connectivity index (χ4n) is 2.78. The first-order valence-electron chi connectivity index (χ1n) is 9.23. The Morgan fingerprint density at radius 3 is 2.37 bits per heavy atom. The molecule has 1 amide bonds. The van der Waals surface area contributed by atoms with Crippen molar-refractivity contribution in [2.24, 2.45) is 0 Å². The fourth-order valence-corrected chi connectivity index (χ4v) is 2.78. The van der Waals surface area contributed by atoms with Gasteiger partial charge in [-0.2, -0.15) is 0 Å². The zero-order chi connectivity index (χ0) is 21.5. The van der Waals surface area contributed by atoms with Crippen LogP contribution in [0.2, 0.25) is 0 Å². The largest absolute Gasteiger partial charge is 0.492 e. The van der Waals surface area contributed by atoms with E-state index in [-0.39, 0.29) is 0 Å². The number of amides is 1. The molecule has 0 aliphatic heterocycles. The second-order valence-electron chi connectivity index (χ2n) is 6.24. The van der Waals surface area contributed by atoms with Gasteiger partial charge < -0.3 is 14.8 Å². The number of carbonyl (C=O) groups excluding carboxylic acids is 2. The molecule has 1 N–H and O–H groups in total. The van der Waals surface area contributed by atoms with E-state index in [1.54, 1.807) is 54.6 Å². The Morgan fingerprint density at radius 1 is 0.967 bits per heavy atom. The average molecular weight is 411 g/mol. The zero-order valence-corrected chi connectivity index (χ0v) is 16.1. The summed E-state index contributed by atoms with van der Waals surface area (Å²) in [6.45, 7) is 2.21. The highest BCUT2D eigenvalue weighted by Gasteiger charge is 2.27. The van der Waals surface area contributed by atoms with Crippen molar-refractivity contribution in [2.75, 3.05) is 11.9 Å². The minimum Gasteiger partial charge on any atom is -0.492 e. The van der Waals surface area contributed by atoms with Crippen molar-refractivity contribution >= 4 is 17.6 Å². The van der Waals surface area contributed by atoms with Gasteiger partial charge in [0.05, 0.1) is 17.9 Å². The van der Waals surface area contributed by atoms with Crippen LogP contribution in [0.25, 0.3) is 0 Å². The monoisotopic (exact) mass is 411 g/mol. The maximum atomic E-state index is 14.0. The molecule has 7 heteroatoms. The molecular weight excluding hydrogens is 392 g/mol. The minimum absolute atomic E-state index is 0.389. The van der Waals surface area contributed by atoms with Crippen molar-refractivity contribution < 1.29 is 27.8 Å². The molecule has 5 nitrogen and oxygen atoms in total. The lowest BCUT2D eigenvalue weighted by Crippen LogP contribution is -2.26. The number of halogens is 2. The number of ether oxygens (including phenoxy) is 2. The average Bonchev–Trinajstić information content (AvgIpc) is 2.74. The molecule has 0 unspecified atom stereocenters. The highest BCUT2D eigenvalue weighted by Crippen LogP contribution is 2.27. The van der Waals surface area contributed by atoms with E-state index in [1.807, 2.05) is 6.92 Å². The first-order chi connectivity index (χ1) is 14.5. The number of benzene rings is 3. The number of para-hydroxylation sites is 2. The summed E-state index contributed by atoms with van der Waals surface area (Å²) in [4.78, 5) is 25.5. The summed E-state index contributed by atoms with van der Waals surface area (Å²) in [6, 6.07) is 17.6. The van der Waals surface area contributed by atoms with Gasteiger partial charge in [0.2, 0.25) is 6.10 Å². The molecule has 0 bridgehead atoms. The van der Waals surface area contributed by atoms with Crippen LogP contribution in [0, 0.1) is 11.6 Å². The quantitative estimate of drug-likeness (QED) is 0.562. The summed E-state index contributed by atoms with van der Waals surface area (Å²) in [5, 5.41) is 2.68. The summed E-state index contributed by atoms with van der Waals surface area (Å²) in [7, 11) is 0. The van der Waals surface area contributed by atoms with Crippen LogP contribution < -0.4 is 10.1 Å². The third kappa shape index (κ3) is 5.00. The number of hydrogen-bond donors (Lipinski definition) is 1. The van der Waals surface area contributed by atoms with Crippen LogP contribution in [0.15, 0.2) is 72.8 Å². The second kappa shape index (κ2) is 9.65. The zero-order valence-electron chi connectivity index (χ0n) is 16.1. The molecule has 0 spiro atoms. The lowest BCUT2D eigenvalue weighted by molar-refractivity contribution is -0.125. The van der Waals surface area contributed by atoms with Gasteiger partial charge in [0.25, 0.3) is 5.91 Å². The summed E-state index contributed by atoms with van der Waals surface area (Å²) in [5.74, 6) is -3.18. The van der Waals surface area contributed by atoms with Gasteiger partial charge in [-0.05, 0) is 31.2 Å². The molecular formula is C23H19F2NO4. The minimum atomic E-state index is -1.36. The molecule has 0 aliphatic rings. The Labute approximate surface area is 172 Å². The third-order valence-electron chi connectivity index (χ3n) is 4.16. The van der Waals surface area contributed by atoms with Crippen LogP contribution in [-0.4, -0.2) is 18.5 Å². The van der Waals surface area contributed by atoms with Gasteiger partial charge in [-0.1, -0.05) is 42.5 Å². The van der Waals surface area contributed by atoms with Crippen molar-refractivity contribution in [3.05, 3.63) is 95.6 Å². The number of nitrogens with one attached hydrogen (secondary N) is 1. The van der Waals surface area contributed by atoms with Crippen molar-refractivity contribution in [3.8, 4) is 5.75 Å². The van der Waals surface area contributed by atoms with Gasteiger partial charge in [0.1, 0.15) is 17.4 Å². The Morgan fingerprint density at radius 2 is 1.67 bits per heavy atom. The molecule has 0 aliphatic carbocycles. The molecule has 0 radical (unpaired) electrons. The highest BCUT2D eigenvalue weighted by molar-refractivity contribution is 5.99. The fraction of sp³-hybridized carbons (Fsp3) is 0.130. The molecule has 3 rings (SSSR count). The van der Waals surface area contributed by atoms with Crippen LogP contribution in [0.1, 0.15) is 28.9 Å². The molecule has 3 aromatic carbocycles. The first-order valence-corrected chi connectivity index (χ1v) is 9.23. The lowest BCUT2D eigenvalue weighted by atomic mass is 10.1. The van der Waals surface area contributed by atoms with Crippen molar-refractivity contribution in [3.63, 3.8) is 0 Å². The van der Waals surface area contributed by atoms with Gasteiger partial charge in [0.15, 0.2) is 0 Å². The highest BCUT2D eigenvalue weighted by atomic mass is 19.1. The van der Waals surface area contributed by atoms with E-state index in [0.717, 1.165) is 12.1 Å². The SMILES string of the molecule is CCOc1ccccc1NC(=O)[C@H](OC(=O)c1ccc(F)cc1F)c1ccccc1. The molecule has 0 heterocycles. The summed E-state index contributed by atoms with van der Waals surface area (Å²) < 4.78 is 37.9. The van der Waals surface area contributed by atoms with Crippen LogP contribution in [0.3, 0.4) is 0 Å². The van der Waals surface area contributed by atoms with E-state index >= 15 is 0 Å². The van der Waals surface area contributed by atoms with E-state index in [0.29, 0.717) is 29.7 Å². The van der Waals surface area contributed by atoms with Crippen molar-refractivity contribution in [1.29, 1.82) is 0 Å². The van der Waals surface area contributed by atoms with Gasteiger partial charge in [-0.25, -0.2) is 13.6 Å². The van der Waals surface area contributed by atoms with E-state index in [9.17, 15) is 18.4 Å². The summed E-state index contributed by atoms with van der Waals surface area (Å²) >= 11 is 0. The maximum absolute atomic E-state index is 14.0. The Kier molecular flexibility index (Phi) is 6.75. The Hall–Kier alpha value is -3.74. The first kappa shape index (κ1) is 21.0. The van der Waals surface area contributed by atoms with Crippen LogP contribution in [0.5, 0.6) is 5.75 Å². The molecule has 0 fully saturated rings. The molecule has 154 valence electrons. The van der Waals surface area contributed by atoms with Gasteiger partial charge in [-0.15, -0.1) is 0 Å². The molecule has 0 aromatic heterocycles. The second-order valence-corrected chi connectivity index (χ2v) is 6.24. The number of esters is 1. The van der Waals surface area contributed by atoms with Crippen molar-refractivity contribution in [2.45, 2.75) is 13.0 Å². The summed E-state index contributed by atoms with van der Waals surface area (Å²) in [6.07, 6.45) is -1.36. The number of rotatable bonds is 7. The van der Waals surface area contributed by atoms with E-state index in [1.165, 1.54) is 0 Å². The predicted octanol–water partition coefficient (Wildman–Crippen LogP) is 4.90.